The van der Waals surface area contributed by atoms with Gasteiger partial charge < -0.3 is 25.2 Å². The second kappa shape index (κ2) is 12.9. The second-order valence-electron chi connectivity index (χ2n) is 10.7. The number of amides is 1. The summed E-state index contributed by atoms with van der Waals surface area (Å²) < 4.78 is 6.53. The van der Waals surface area contributed by atoms with Crippen molar-refractivity contribution < 1.29 is 9.53 Å². The summed E-state index contributed by atoms with van der Waals surface area (Å²) in [6.45, 7) is 8.28. The number of nitrogens with zero attached hydrogens (tertiary/aromatic N) is 2. The molecule has 9 heteroatoms. The van der Waals surface area contributed by atoms with Crippen LogP contribution in [-0.4, -0.2) is 68.0 Å². The lowest BCUT2D eigenvalue weighted by atomic mass is 9.84. The van der Waals surface area contributed by atoms with Gasteiger partial charge in [0.25, 0.3) is 0 Å². The van der Waals surface area contributed by atoms with Crippen molar-refractivity contribution in [2.75, 3.05) is 55.3 Å². The minimum atomic E-state index is -0.755. The van der Waals surface area contributed by atoms with E-state index in [-0.39, 0.29) is 18.1 Å². The molecular weight excluding hydrogens is 524 g/mol. The first-order valence-corrected chi connectivity index (χ1v) is 14.4. The van der Waals surface area contributed by atoms with Gasteiger partial charge in [-0.1, -0.05) is 12.6 Å². The average Bonchev–Trinajstić information content (AvgIpc) is 3.26. The molecule has 8 nitrogen and oxygen atoms in total. The molecule has 2 aromatic carbocycles. The van der Waals surface area contributed by atoms with E-state index in [0.29, 0.717) is 18.0 Å². The highest BCUT2D eigenvalue weighted by atomic mass is 35.5. The van der Waals surface area contributed by atoms with Crippen molar-refractivity contribution in [2.24, 2.45) is 5.92 Å². The maximum Gasteiger partial charge on any atom is 0.247 e. The van der Waals surface area contributed by atoms with Crippen LogP contribution in [0.1, 0.15) is 19.3 Å². The topological polar surface area (TPSA) is 80.9 Å². The summed E-state index contributed by atoms with van der Waals surface area (Å²) in [7, 11) is 2.17. The highest BCUT2D eigenvalue weighted by Gasteiger charge is 2.48. The zero-order valence-corrected chi connectivity index (χ0v) is 23.8. The number of halogens is 1. The van der Waals surface area contributed by atoms with Crippen LogP contribution in [0.25, 0.3) is 0 Å². The van der Waals surface area contributed by atoms with Crippen molar-refractivity contribution in [1.29, 1.82) is 0 Å². The fourth-order valence-corrected chi connectivity index (χ4v) is 5.75. The van der Waals surface area contributed by atoms with E-state index in [9.17, 15) is 4.79 Å². The summed E-state index contributed by atoms with van der Waals surface area (Å²) >= 11 is 7.42. The normalized spacial score (nSPS) is 27.1. The molecular formula is C31H39ClN6O2. The number of piperazine rings is 1. The number of allylic oxidation sites excluding steroid dienone is 1. The number of nitrogens with one attached hydrogen (secondary N) is 4. The van der Waals surface area contributed by atoms with Crippen LogP contribution < -0.4 is 30.9 Å². The van der Waals surface area contributed by atoms with E-state index in [0.717, 1.165) is 51.1 Å². The minimum absolute atomic E-state index is 0.0605. The number of anilines is 3. The van der Waals surface area contributed by atoms with Gasteiger partial charge in [0.05, 0.1) is 0 Å². The molecule has 4 unspecified atom stereocenters. The zero-order valence-electron chi connectivity index (χ0n) is 23.0. The molecule has 0 spiro atoms. The molecule has 212 valence electrons. The first kappa shape index (κ1) is 28.3. The van der Waals surface area contributed by atoms with Crippen molar-refractivity contribution in [3.63, 3.8) is 0 Å². The summed E-state index contributed by atoms with van der Waals surface area (Å²) in [5.74, 6) is 0.391. The van der Waals surface area contributed by atoms with Gasteiger partial charge in [0, 0.05) is 61.8 Å². The van der Waals surface area contributed by atoms with Crippen LogP contribution >= 0.6 is 11.6 Å². The molecule has 0 saturated carbocycles. The lowest BCUT2D eigenvalue weighted by molar-refractivity contribution is -0.111. The molecule has 0 aromatic heterocycles. The summed E-state index contributed by atoms with van der Waals surface area (Å²) in [4.78, 5) is 15.9. The zero-order chi connectivity index (χ0) is 28.0. The van der Waals surface area contributed by atoms with Gasteiger partial charge in [0.1, 0.15) is 16.9 Å². The number of alkyl halides is 1. The van der Waals surface area contributed by atoms with E-state index in [1.807, 2.05) is 18.2 Å². The third-order valence-electron chi connectivity index (χ3n) is 7.81. The van der Waals surface area contributed by atoms with Crippen molar-refractivity contribution in [3.8, 4) is 5.75 Å². The van der Waals surface area contributed by atoms with Gasteiger partial charge in [-0.05, 0) is 80.9 Å². The van der Waals surface area contributed by atoms with Crippen molar-refractivity contribution >= 4 is 34.6 Å². The van der Waals surface area contributed by atoms with Crippen LogP contribution in [0.15, 0.2) is 79.1 Å². The van der Waals surface area contributed by atoms with E-state index < -0.39 is 11.1 Å². The van der Waals surface area contributed by atoms with Gasteiger partial charge in [-0.25, -0.2) is 5.32 Å². The maximum atomic E-state index is 11.8. The predicted octanol–water partition coefficient (Wildman–Crippen LogP) is 4.35. The molecule has 0 radical (unpaired) electrons. The van der Waals surface area contributed by atoms with Crippen LogP contribution in [0.5, 0.6) is 5.75 Å². The molecule has 2 heterocycles. The number of hydrogen-bond donors (Lipinski definition) is 4. The van der Waals surface area contributed by atoms with Crippen molar-refractivity contribution in [3.05, 3.63) is 79.1 Å². The summed E-state index contributed by atoms with van der Waals surface area (Å²) in [6.07, 6.45) is 7.57. The van der Waals surface area contributed by atoms with Gasteiger partial charge in [-0.3, -0.25) is 10.1 Å². The maximum absolute atomic E-state index is 11.8. The van der Waals surface area contributed by atoms with E-state index >= 15 is 0 Å². The molecule has 2 aliphatic heterocycles. The van der Waals surface area contributed by atoms with Crippen LogP contribution in [0.3, 0.4) is 0 Å². The number of carbonyl (C=O) groups is 1. The Hall–Kier alpha value is -3.26. The van der Waals surface area contributed by atoms with Gasteiger partial charge in [-0.15, -0.1) is 17.3 Å². The number of benzene rings is 2. The molecule has 2 fully saturated rings. The SMILES string of the molecule is C=CC(=O)Nc1cccc(OC2NC(Nc3ccc(N4CCN(C)CC4)cc3)NCC2(Cl)C2C=C=CCCC2)c1. The Bertz CT molecular complexity index is 1240. The molecule has 4 atom stereocenters. The highest BCUT2D eigenvalue weighted by molar-refractivity contribution is 6.25. The molecule has 4 N–H and O–H groups in total. The van der Waals surface area contributed by atoms with Crippen molar-refractivity contribution in [1.82, 2.24) is 15.5 Å². The summed E-state index contributed by atoms with van der Waals surface area (Å²) in [5, 5.41) is 13.4. The second-order valence-corrected chi connectivity index (χ2v) is 11.4. The molecule has 2 aromatic rings. The van der Waals surface area contributed by atoms with Crippen LogP contribution in [0.2, 0.25) is 0 Å². The molecule has 5 rings (SSSR count). The van der Waals surface area contributed by atoms with Crippen molar-refractivity contribution in [2.45, 2.75) is 36.7 Å². The Kier molecular flexibility index (Phi) is 9.15. The van der Waals surface area contributed by atoms with E-state index in [1.54, 1.807) is 6.07 Å². The number of rotatable bonds is 8. The Balaban J connectivity index is 1.31. The molecule has 1 amide bonds. The lowest BCUT2D eigenvalue weighted by Gasteiger charge is -2.46. The predicted molar refractivity (Wildman–Crippen MR) is 163 cm³/mol. The molecule has 1 aliphatic carbocycles. The molecule has 2 saturated heterocycles. The Labute approximate surface area is 242 Å². The van der Waals surface area contributed by atoms with Crippen LogP contribution in [0, 0.1) is 5.92 Å². The smallest absolute Gasteiger partial charge is 0.247 e. The molecule has 0 bridgehead atoms. The summed E-state index contributed by atoms with van der Waals surface area (Å²) in [5.41, 5.74) is 6.16. The number of ether oxygens (including phenoxy) is 1. The third kappa shape index (κ3) is 6.89. The molecule has 40 heavy (non-hydrogen) atoms. The van der Waals surface area contributed by atoms with E-state index in [2.05, 4.69) is 86.8 Å². The third-order valence-corrected chi connectivity index (χ3v) is 8.43. The fourth-order valence-electron chi connectivity index (χ4n) is 5.40. The first-order chi connectivity index (χ1) is 19.4. The standard InChI is InChI=1S/C31H39ClN6O2/c1-3-28(39)34-25-11-8-12-27(21-25)40-29-31(32,23-9-6-4-5-7-10-23)22-33-30(36-29)35-24-13-15-26(16-14-24)38-19-17-37(2)18-20-38/h3-4,8-9,11-16,21,23,29-30,33,35-36H,1,5,7,10,17-20,22H2,2H3,(H,34,39). The molecule has 3 aliphatic rings. The Morgan fingerprint density at radius 1 is 1.18 bits per heavy atom. The van der Waals surface area contributed by atoms with Crippen LogP contribution in [-0.2, 0) is 4.79 Å². The van der Waals surface area contributed by atoms with Crippen LogP contribution in [0.4, 0.5) is 17.1 Å². The van der Waals surface area contributed by atoms with Gasteiger partial charge in [-0.2, -0.15) is 0 Å². The lowest BCUT2D eigenvalue weighted by Crippen LogP contribution is -2.71. The highest BCUT2D eigenvalue weighted by Crippen LogP contribution is 2.38. The number of carbonyl (C=O) groups excluding carboxylic acids is 1. The van der Waals surface area contributed by atoms with Gasteiger partial charge >= 0.3 is 0 Å². The first-order valence-electron chi connectivity index (χ1n) is 14.0. The Morgan fingerprint density at radius 3 is 2.75 bits per heavy atom. The van der Waals surface area contributed by atoms with Gasteiger partial charge in [0.2, 0.25) is 5.91 Å². The monoisotopic (exact) mass is 562 g/mol. The average molecular weight is 563 g/mol. The quantitative estimate of drug-likeness (QED) is 0.216. The van der Waals surface area contributed by atoms with Gasteiger partial charge in [0.15, 0.2) is 6.23 Å². The van der Waals surface area contributed by atoms with E-state index in [1.165, 1.54) is 11.8 Å². The number of hydrogen-bond acceptors (Lipinski definition) is 7. The Morgan fingerprint density at radius 2 is 1.98 bits per heavy atom. The largest absolute Gasteiger partial charge is 0.473 e. The van der Waals surface area contributed by atoms with E-state index in [4.69, 9.17) is 16.3 Å². The number of likely N-dealkylation sites (N-methyl/N-ethyl adjacent to an activating group) is 1. The minimum Gasteiger partial charge on any atom is -0.473 e. The summed E-state index contributed by atoms with van der Waals surface area (Å²) in [6, 6.07) is 15.9. The fraction of sp³-hybridized carbons (Fsp3) is 0.419.